The minimum absolute atomic E-state index is 0.0928. The van der Waals surface area contributed by atoms with E-state index in [0.29, 0.717) is 26.0 Å². The Balaban J connectivity index is 1.52. The Kier molecular flexibility index (Phi) is 12.9. The Hall–Kier alpha value is -2.21. The lowest BCUT2D eigenvalue weighted by molar-refractivity contribution is -0.384. The second-order valence-electron chi connectivity index (χ2n) is 8.18. The molecule has 0 aliphatic heterocycles. The number of nitrogens with zero attached hydrogens (tertiary/aromatic N) is 1. The van der Waals surface area contributed by atoms with Crippen molar-refractivity contribution in [2.75, 3.05) is 26.0 Å². The molecule has 0 atom stereocenters. The first-order valence-corrected chi connectivity index (χ1v) is 14.1. The Labute approximate surface area is 203 Å². The summed E-state index contributed by atoms with van der Waals surface area (Å²) in [6.45, 7) is 5.23. The maximum atomic E-state index is 12.4. The van der Waals surface area contributed by atoms with E-state index in [1.165, 1.54) is 31.4 Å². The highest BCUT2D eigenvalue weighted by molar-refractivity contribution is 7.53. The fourth-order valence-electron chi connectivity index (χ4n) is 3.74. The van der Waals surface area contributed by atoms with Crippen molar-refractivity contribution in [1.29, 1.82) is 0 Å². The van der Waals surface area contributed by atoms with Crippen molar-refractivity contribution < 1.29 is 23.3 Å². The topological polar surface area (TPSA) is 87.9 Å². The number of non-ortho nitro benzene ring substituents is 1. The summed E-state index contributed by atoms with van der Waals surface area (Å²) in [6, 6.07) is 14.4. The molecule has 0 fully saturated rings. The molecule has 0 aromatic heterocycles. The van der Waals surface area contributed by atoms with Gasteiger partial charge in [-0.25, -0.2) is 0 Å². The first-order chi connectivity index (χ1) is 16.5. The third-order valence-electron chi connectivity index (χ3n) is 5.51. The van der Waals surface area contributed by atoms with Crippen molar-refractivity contribution in [1.82, 2.24) is 0 Å². The van der Waals surface area contributed by atoms with Gasteiger partial charge >= 0.3 is 7.60 Å². The largest absolute Gasteiger partial charge is 0.494 e. The number of benzene rings is 2. The lowest BCUT2D eigenvalue weighted by atomic mass is 10.1. The van der Waals surface area contributed by atoms with Crippen molar-refractivity contribution in [3.8, 4) is 16.9 Å². The molecule has 0 heterocycles. The molecule has 0 aliphatic carbocycles. The molecule has 0 saturated carbocycles. The standard InChI is InChI=1S/C26H38NO6P/c1-3-32-34(30,33-4-2)22-12-10-8-6-5-7-9-11-21-31-26-19-15-24(16-20-26)23-13-17-25(18-14-23)27(28)29/h13-20H,3-12,21-22H2,1-2H3. The average molecular weight is 492 g/mol. The Morgan fingerprint density at radius 2 is 1.21 bits per heavy atom. The Morgan fingerprint density at radius 3 is 1.71 bits per heavy atom. The third kappa shape index (κ3) is 10.4. The molecule has 8 heteroatoms. The normalized spacial score (nSPS) is 11.5. The van der Waals surface area contributed by atoms with Gasteiger partial charge in [-0.1, -0.05) is 50.7 Å². The predicted octanol–water partition coefficient (Wildman–Crippen LogP) is 8.03. The van der Waals surface area contributed by atoms with Crippen LogP contribution < -0.4 is 4.74 Å². The lowest BCUT2D eigenvalue weighted by Crippen LogP contribution is -2.00. The van der Waals surface area contributed by atoms with Gasteiger partial charge in [0.15, 0.2) is 0 Å². The molecule has 7 nitrogen and oxygen atoms in total. The number of hydrogen-bond acceptors (Lipinski definition) is 6. The summed E-state index contributed by atoms with van der Waals surface area (Å²) < 4.78 is 28.9. The van der Waals surface area contributed by atoms with Gasteiger partial charge in [-0.2, -0.15) is 0 Å². The molecule has 0 bridgehead atoms. The molecular formula is C26H38NO6P. The minimum atomic E-state index is -2.88. The number of nitro benzene ring substituents is 1. The van der Waals surface area contributed by atoms with Crippen molar-refractivity contribution in [2.45, 2.75) is 65.2 Å². The first kappa shape index (κ1) is 28.0. The van der Waals surface area contributed by atoms with E-state index >= 15 is 0 Å². The summed E-state index contributed by atoms with van der Waals surface area (Å²) in [7, 11) is -2.88. The molecule has 2 aromatic carbocycles. The molecule has 0 amide bonds. The molecule has 188 valence electrons. The van der Waals surface area contributed by atoms with Crippen molar-refractivity contribution in [3.63, 3.8) is 0 Å². The lowest BCUT2D eigenvalue weighted by Gasteiger charge is -2.16. The summed E-state index contributed by atoms with van der Waals surface area (Å²) in [5.41, 5.74) is 2.03. The van der Waals surface area contributed by atoms with Gasteiger partial charge in [0.05, 0.1) is 30.9 Å². The summed E-state index contributed by atoms with van der Waals surface area (Å²) in [4.78, 5) is 10.4. The number of rotatable bonds is 18. The van der Waals surface area contributed by atoms with Gasteiger partial charge in [0, 0.05) is 12.1 Å². The molecule has 0 aliphatic rings. The van der Waals surface area contributed by atoms with Crippen LogP contribution in [0, 0.1) is 10.1 Å². The number of unbranched alkanes of at least 4 members (excludes halogenated alkanes) is 7. The summed E-state index contributed by atoms with van der Waals surface area (Å²) in [6.07, 6.45) is 9.37. The molecule has 0 N–H and O–H groups in total. The summed E-state index contributed by atoms with van der Waals surface area (Å²) in [5.74, 6) is 0.835. The highest BCUT2D eigenvalue weighted by atomic mass is 31.2. The van der Waals surface area contributed by atoms with E-state index in [4.69, 9.17) is 13.8 Å². The van der Waals surface area contributed by atoms with Crippen molar-refractivity contribution >= 4 is 13.3 Å². The van der Waals surface area contributed by atoms with Crippen LogP contribution in [0.2, 0.25) is 0 Å². The second-order valence-corrected chi connectivity index (χ2v) is 10.4. The van der Waals surface area contributed by atoms with Crippen LogP contribution >= 0.6 is 7.60 Å². The van der Waals surface area contributed by atoms with Gasteiger partial charge in [0.1, 0.15) is 5.75 Å². The van der Waals surface area contributed by atoms with Crippen LogP contribution in [0.4, 0.5) is 5.69 Å². The SMILES string of the molecule is CCOP(=O)(CCCCCCCCCCOc1ccc(-c2ccc([N+](=O)[O-])cc2)cc1)OCC. The Morgan fingerprint density at radius 1 is 0.735 bits per heavy atom. The smallest absolute Gasteiger partial charge is 0.330 e. The van der Waals surface area contributed by atoms with Crippen LogP contribution in [0.3, 0.4) is 0 Å². The first-order valence-electron chi connectivity index (χ1n) is 12.3. The second kappa shape index (κ2) is 15.6. The highest BCUT2D eigenvalue weighted by Crippen LogP contribution is 2.48. The molecule has 2 rings (SSSR count). The van der Waals surface area contributed by atoms with E-state index < -0.39 is 12.5 Å². The van der Waals surface area contributed by atoms with Crippen LogP contribution in [0.1, 0.15) is 65.2 Å². The van der Waals surface area contributed by atoms with Crippen LogP contribution in [-0.2, 0) is 13.6 Å². The van der Waals surface area contributed by atoms with Crippen LogP contribution in [0.15, 0.2) is 48.5 Å². The van der Waals surface area contributed by atoms with Gasteiger partial charge < -0.3 is 13.8 Å². The monoisotopic (exact) mass is 491 g/mol. The molecular weight excluding hydrogens is 453 g/mol. The number of nitro groups is 1. The number of ether oxygens (including phenoxy) is 1. The zero-order valence-corrected chi connectivity index (χ0v) is 21.3. The third-order valence-corrected chi connectivity index (χ3v) is 7.68. The van der Waals surface area contributed by atoms with E-state index in [0.717, 1.165) is 49.0 Å². The minimum Gasteiger partial charge on any atom is -0.494 e. The van der Waals surface area contributed by atoms with Gasteiger partial charge in [0.2, 0.25) is 0 Å². The van der Waals surface area contributed by atoms with Crippen LogP contribution in [-0.4, -0.2) is 30.9 Å². The molecule has 0 radical (unpaired) electrons. The van der Waals surface area contributed by atoms with Gasteiger partial charge in [0.25, 0.3) is 5.69 Å². The van der Waals surface area contributed by atoms with E-state index in [9.17, 15) is 14.7 Å². The van der Waals surface area contributed by atoms with Crippen LogP contribution in [0.5, 0.6) is 5.75 Å². The molecule has 0 unspecified atom stereocenters. The molecule has 2 aromatic rings. The van der Waals surface area contributed by atoms with E-state index in [2.05, 4.69) is 0 Å². The summed E-state index contributed by atoms with van der Waals surface area (Å²) >= 11 is 0. The fraction of sp³-hybridized carbons (Fsp3) is 0.538. The molecule has 0 spiro atoms. The summed E-state index contributed by atoms with van der Waals surface area (Å²) in [5, 5.41) is 10.8. The fourth-order valence-corrected chi connectivity index (χ4v) is 5.47. The van der Waals surface area contributed by atoms with Gasteiger partial charge in [-0.05, 0) is 62.1 Å². The van der Waals surface area contributed by atoms with Crippen molar-refractivity contribution in [2.24, 2.45) is 0 Å². The molecule has 0 saturated heterocycles. The Bertz CT molecular complexity index is 875. The van der Waals surface area contributed by atoms with E-state index in [1.807, 2.05) is 38.1 Å². The zero-order valence-electron chi connectivity index (χ0n) is 20.4. The van der Waals surface area contributed by atoms with Crippen molar-refractivity contribution in [3.05, 3.63) is 58.6 Å². The van der Waals surface area contributed by atoms with Gasteiger partial charge in [-0.15, -0.1) is 0 Å². The average Bonchev–Trinajstić information content (AvgIpc) is 2.83. The van der Waals surface area contributed by atoms with E-state index in [1.54, 1.807) is 12.1 Å². The number of hydrogen-bond donors (Lipinski definition) is 0. The van der Waals surface area contributed by atoms with Gasteiger partial charge in [-0.3, -0.25) is 14.7 Å². The van der Waals surface area contributed by atoms with E-state index in [-0.39, 0.29) is 5.69 Å². The highest BCUT2D eigenvalue weighted by Gasteiger charge is 2.22. The maximum absolute atomic E-state index is 12.4. The quantitative estimate of drug-likeness (QED) is 0.0908. The predicted molar refractivity (Wildman–Crippen MR) is 137 cm³/mol. The molecule has 34 heavy (non-hydrogen) atoms. The van der Waals surface area contributed by atoms with Crippen LogP contribution in [0.25, 0.3) is 11.1 Å². The zero-order chi connectivity index (χ0) is 24.7. The maximum Gasteiger partial charge on any atom is 0.330 e.